The maximum atomic E-state index is 13.7. The summed E-state index contributed by atoms with van der Waals surface area (Å²) in [6.45, 7) is 0. The van der Waals surface area contributed by atoms with Gasteiger partial charge in [0.05, 0.1) is 0 Å². The molecule has 0 aliphatic carbocycles. The summed E-state index contributed by atoms with van der Waals surface area (Å²) in [5.74, 6) is 2.41. The van der Waals surface area contributed by atoms with Crippen LogP contribution in [0.1, 0.15) is 21.5 Å². The van der Waals surface area contributed by atoms with Crippen LogP contribution in [0.25, 0.3) is 0 Å². The summed E-state index contributed by atoms with van der Waals surface area (Å²) in [6.07, 6.45) is 0. The lowest BCUT2D eigenvalue weighted by Gasteiger charge is -2.11. The summed E-state index contributed by atoms with van der Waals surface area (Å²) in [4.78, 5) is 13.4. The zero-order chi connectivity index (χ0) is 20.9. The molecular formula is C23H16Cl3O2S+. The predicted octanol–water partition coefficient (Wildman–Crippen LogP) is 6.26. The number of Topliss-reactive ketones (excluding diaryl/α,β-unsaturated/α-hetero) is 1. The van der Waals surface area contributed by atoms with Gasteiger partial charge in [0.15, 0.2) is 15.9 Å². The molecule has 0 aliphatic rings. The number of benzene rings is 3. The van der Waals surface area contributed by atoms with Gasteiger partial charge in [0, 0.05) is 16.7 Å². The Morgan fingerprint density at radius 1 is 0.828 bits per heavy atom. The Morgan fingerprint density at radius 2 is 1.38 bits per heavy atom. The number of carbonyl (C=O) groups is 1. The molecule has 29 heavy (non-hydrogen) atoms. The van der Waals surface area contributed by atoms with Gasteiger partial charge in [0.25, 0.3) is 0 Å². The number of hydrogen-bond donors (Lipinski definition) is 0. The summed E-state index contributed by atoms with van der Waals surface area (Å²) in [5, 5.41) is 2.86. The Hall–Kier alpha value is -2.09. The highest BCUT2D eigenvalue weighted by molar-refractivity contribution is 8.07. The molecule has 1 atom stereocenters. The van der Waals surface area contributed by atoms with Crippen LogP contribution in [-0.2, 0) is 17.9 Å². The van der Waals surface area contributed by atoms with E-state index >= 15 is 0 Å². The van der Waals surface area contributed by atoms with Crippen LogP contribution in [-0.4, -0.2) is 11.5 Å². The molecule has 0 heterocycles. The fraction of sp³-hybridized carbons (Fsp3) is 0.0870. The van der Waals surface area contributed by atoms with Crippen molar-refractivity contribution in [3.8, 4) is 11.2 Å². The molecule has 3 rings (SSSR count). The largest absolute Gasteiger partial charge is 0.289 e. The highest BCUT2D eigenvalue weighted by Gasteiger charge is 2.34. The SMILES string of the molecule is O=C(C[S+](=O)(C#Cc1ccccc1)c1ccccc1)c1ccc(C(Cl)(Cl)Cl)cc1. The highest BCUT2D eigenvalue weighted by atomic mass is 35.6. The summed E-state index contributed by atoms with van der Waals surface area (Å²) < 4.78 is 12.1. The van der Waals surface area contributed by atoms with Crippen molar-refractivity contribution < 1.29 is 9.00 Å². The number of rotatable bonds is 4. The van der Waals surface area contributed by atoms with E-state index in [0.29, 0.717) is 16.0 Å². The first-order valence-electron chi connectivity index (χ1n) is 8.63. The third-order valence-corrected chi connectivity index (χ3v) is 6.92. The number of alkyl halides is 3. The Bertz CT molecular complexity index is 1090. The van der Waals surface area contributed by atoms with Crippen LogP contribution in [0, 0.1) is 11.2 Å². The molecule has 3 aromatic carbocycles. The molecule has 3 aromatic rings. The first-order chi connectivity index (χ1) is 13.8. The van der Waals surface area contributed by atoms with E-state index in [1.807, 2.05) is 36.4 Å². The molecule has 6 heteroatoms. The quantitative estimate of drug-likeness (QED) is 0.198. The van der Waals surface area contributed by atoms with E-state index in [1.54, 1.807) is 48.5 Å². The zero-order valence-corrected chi connectivity index (χ0v) is 18.2. The molecule has 0 aromatic heterocycles. The van der Waals surface area contributed by atoms with Gasteiger partial charge in [-0.25, -0.2) is 0 Å². The number of halogens is 3. The monoisotopic (exact) mass is 461 g/mol. The first-order valence-corrected chi connectivity index (χ1v) is 11.5. The van der Waals surface area contributed by atoms with E-state index < -0.39 is 13.7 Å². The number of ketones is 1. The number of hydrogen-bond acceptors (Lipinski definition) is 2. The molecule has 0 amide bonds. The maximum Gasteiger partial charge on any atom is 0.216 e. The Labute approximate surface area is 186 Å². The third-order valence-electron chi connectivity index (χ3n) is 4.13. The van der Waals surface area contributed by atoms with Gasteiger partial charge in [-0.05, 0) is 30.2 Å². The van der Waals surface area contributed by atoms with Crippen molar-refractivity contribution in [1.82, 2.24) is 0 Å². The maximum absolute atomic E-state index is 13.7. The van der Waals surface area contributed by atoms with Crippen LogP contribution < -0.4 is 0 Å². The van der Waals surface area contributed by atoms with E-state index in [-0.39, 0.29) is 11.5 Å². The normalized spacial score (nSPS) is 13.1. The molecule has 0 fully saturated rings. The summed E-state index contributed by atoms with van der Waals surface area (Å²) in [6, 6.07) is 24.3. The minimum absolute atomic E-state index is 0.232. The Kier molecular flexibility index (Phi) is 6.82. The van der Waals surface area contributed by atoms with Gasteiger partial charge in [-0.2, -0.15) is 0 Å². The van der Waals surface area contributed by atoms with E-state index in [1.165, 1.54) is 0 Å². The van der Waals surface area contributed by atoms with E-state index in [4.69, 9.17) is 34.8 Å². The van der Waals surface area contributed by atoms with Crippen molar-refractivity contribution >= 4 is 50.5 Å². The van der Waals surface area contributed by atoms with E-state index in [2.05, 4.69) is 11.2 Å². The van der Waals surface area contributed by atoms with Gasteiger partial charge in [-0.3, -0.25) is 4.79 Å². The van der Waals surface area contributed by atoms with Gasteiger partial charge < -0.3 is 0 Å². The van der Waals surface area contributed by atoms with Gasteiger partial charge in [-0.1, -0.05) is 99.7 Å². The Balaban J connectivity index is 1.92. The predicted molar refractivity (Wildman–Crippen MR) is 121 cm³/mol. The molecule has 0 N–H and O–H groups in total. The summed E-state index contributed by atoms with van der Waals surface area (Å²) >= 11 is 17.6. The molecule has 0 aliphatic heterocycles. The molecular weight excluding hydrogens is 447 g/mol. The van der Waals surface area contributed by atoms with Crippen molar-refractivity contribution in [1.29, 1.82) is 0 Å². The topological polar surface area (TPSA) is 34.1 Å². The molecule has 0 radical (unpaired) electrons. The minimum atomic E-state index is -2.94. The standard InChI is InChI=1S/C23H16Cl3O2S/c24-23(25,26)20-13-11-19(12-14-20)22(27)17-29(28,21-9-5-2-6-10-21)16-15-18-7-3-1-4-8-18/h1-14H,17H2/q+1. The fourth-order valence-electron chi connectivity index (χ4n) is 2.59. The van der Waals surface area contributed by atoms with E-state index in [9.17, 15) is 9.00 Å². The van der Waals surface area contributed by atoms with Gasteiger partial charge >= 0.3 is 0 Å². The average molecular weight is 463 g/mol. The van der Waals surface area contributed by atoms with Crippen LogP contribution >= 0.6 is 34.8 Å². The molecule has 0 saturated carbocycles. The third kappa shape index (κ3) is 5.72. The summed E-state index contributed by atoms with van der Waals surface area (Å²) in [7, 11) is -2.94. The highest BCUT2D eigenvalue weighted by Crippen LogP contribution is 2.38. The molecule has 0 saturated heterocycles. The molecule has 1 unspecified atom stereocenters. The minimum Gasteiger partial charge on any atom is -0.289 e. The van der Waals surface area contributed by atoms with Gasteiger partial charge in [-0.15, -0.1) is 0 Å². The van der Waals surface area contributed by atoms with Crippen LogP contribution in [0.15, 0.2) is 89.8 Å². The van der Waals surface area contributed by atoms with Crippen LogP contribution in [0.3, 0.4) is 0 Å². The number of carbonyl (C=O) groups excluding carboxylic acids is 1. The Morgan fingerprint density at radius 3 is 1.93 bits per heavy atom. The van der Waals surface area contributed by atoms with Crippen LogP contribution in [0.5, 0.6) is 0 Å². The van der Waals surface area contributed by atoms with Gasteiger partial charge in [0.2, 0.25) is 19.5 Å². The lowest BCUT2D eigenvalue weighted by Crippen LogP contribution is -2.21. The van der Waals surface area contributed by atoms with Crippen LogP contribution in [0.4, 0.5) is 0 Å². The van der Waals surface area contributed by atoms with Crippen molar-refractivity contribution in [2.75, 3.05) is 5.75 Å². The average Bonchev–Trinajstić information content (AvgIpc) is 2.73. The second-order valence-electron chi connectivity index (χ2n) is 6.22. The lowest BCUT2D eigenvalue weighted by atomic mass is 10.1. The van der Waals surface area contributed by atoms with Crippen molar-refractivity contribution in [3.63, 3.8) is 0 Å². The second-order valence-corrected chi connectivity index (χ2v) is 10.8. The second kappa shape index (κ2) is 9.15. The van der Waals surface area contributed by atoms with E-state index in [0.717, 1.165) is 5.56 Å². The van der Waals surface area contributed by atoms with Crippen LogP contribution in [0.2, 0.25) is 0 Å². The molecule has 0 spiro atoms. The molecule has 146 valence electrons. The molecule has 2 nitrogen and oxygen atoms in total. The lowest BCUT2D eigenvalue weighted by molar-refractivity contribution is 0.102. The van der Waals surface area contributed by atoms with Crippen molar-refractivity contribution in [3.05, 3.63) is 102 Å². The fourth-order valence-corrected chi connectivity index (χ4v) is 4.74. The molecule has 0 bridgehead atoms. The van der Waals surface area contributed by atoms with Gasteiger partial charge in [0.1, 0.15) is 0 Å². The van der Waals surface area contributed by atoms with Crippen molar-refractivity contribution in [2.24, 2.45) is 0 Å². The zero-order valence-electron chi connectivity index (χ0n) is 15.1. The van der Waals surface area contributed by atoms with Crippen molar-refractivity contribution in [2.45, 2.75) is 8.69 Å². The smallest absolute Gasteiger partial charge is 0.216 e. The first kappa shape index (κ1) is 21.6. The summed E-state index contributed by atoms with van der Waals surface area (Å²) in [5.41, 5.74) is 1.57.